The number of carbonyl (C=O) groups excluding carboxylic acids is 1. The monoisotopic (exact) mass is 277 g/mol. The van der Waals surface area contributed by atoms with Crippen molar-refractivity contribution in [3.63, 3.8) is 0 Å². The Morgan fingerprint density at radius 3 is 2.80 bits per heavy atom. The second-order valence-electron chi connectivity index (χ2n) is 4.91. The summed E-state index contributed by atoms with van der Waals surface area (Å²) in [4.78, 5) is 11.8. The number of hydrogen-bond donors (Lipinski definition) is 2. The van der Waals surface area contributed by atoms with Crippen LogP contribution in [0.5, 0.6) is 0 Å². The number of nitrogens with one attached hydrogen (secondary N) is 1. The lowest BCUT2D eigenvalue weighted by atomic mass is 10.1. The minimum absolute atomic E-state index is 0.0506. The largest absolute Gasteiger partial charge is 0.395 e. The van der Waals surface area contributed by atoms with Crippen molar-refractivity contribution < 1.29 is 14.3 Å². The Kier molecular flexibility index (Phi) is 6.75. The zero-order valence-corrected chi connectivity index (χ0v) is 11.9. The quantitative estimate of drug-likeness (QED) is 0.812. The van der Waals surface area contributed by atoms with Gasteiger partial charge in [-0.15, -0.1) is 0 Å². The van der Waals surface area contributed by atoms with Crippen LogP contribution in [0.2, 0.25) is 0 Å². The summed E-state index contributed by atoms with van der Waals surface area (Å²) in [5, 5.41) is 11.4. The summed E-state index contributed by atoms with van der Waals surface area (Å²) in [6, 6.07) is 4.22. The lowest BCUT2D eigenvalue weighted by Crippen LogP contribution is -2.25. The predicted molar refractivity (Wildman–Crippen MR) is 76.8 cm³/mol. The van der Waals surface area contributed by atoms with E-state index in [4.69, 9.17) is 5.11 Å². The number of rotatable bonds is 5. The van der Waals surface area contributed by atoms with Crippen molar-refractivity contribution in [2.45, 2.75) is 26.7 Å². The highest BCUT2D eigenvalue weighted by Gasteiger charge is 2.08. The van der Waals surface area contributed by atoms with Crippen LogP contribution in [0.25, 0.3) is 0 Å². The molecular formula is C16H20FNO2. The number of hydrogen-bond acceptors (Lipinski definition) is 2. The molecule has 1 rings (SSSR count). The summed E-state index contributed by atoms with van der Waals surface area (Å²) in [6.07, 6.45) is 1.19. The molecular weight excluding hydrogens is 257 g/mol. The second-order valence-corrected chi connectivity index (χ2v) is 4.91. The maximum atomic E-state index is 13.7. The summed E-state index contributed by atoms with van der Waals surface area (Å²) >= 11 is 0. The first-order valence-electron chi connectivity index (χ1n) is 6.72. The maximum absolute atomic E-state index is 13.7. The molecule has 0 aliphatic carbocycles. The average Bonchev–Trinajstić information content (AvgIpc) is 2.40. The zero-order valence-electron chi connectivity index (χ0n) is 11.9. The average molecular weight is 277 g/mol. The normalized spacial score (nSPS) is 10.1. The van der Waals surface area contributed by atoms with Gasteiger partial charge in [0.25, 0.3) is 5.91 Å². The molecule has 0 fully saturated rings. The number of amides is 1. The number of halogens is 1. The summed E-state index contributed by atoms with van der Waals surface area (Å²) in [6.45, 7) is 4.68. The van der Waals surface area contributed by atoms with Gasteiger partial charge in [-0.05, 0) is 30.5 Å². The first kappa shape index (κ1) is 16.2. The highest BCUT2D eigenvalue weighted by Crippen LogP contribution is 2.10. The van der Waals surface area contributed by atoms with Crippen LogP contribution in [0, 0.1) is 23.6 Å². The highest BCUT2D eigenvalue weighted by atomic mass is 19.1. The van der Waals surface area contributed by atoms with E-state index in [2.05, 4.69) is 31.0 Å². The second kappa shape index (κ2) is 8.34. The van der Waals surface area contributed by atoms with Crippen LogP contribution in [0.1, 0.15) is 42.6 Å². The van der Waals surface area contributed by atoms with Crippen LogP contribution >= 0.6 is 0 Å². The summed E-state index contributed by atoms with van der Waals surface area (Å²) in [5.41, 5.74) is 0.524. The summed E-state index contributed by atoms with van der Waals surface area (Å²) in [5.74, 6) is 4.98. The molecule has 3 nitrogen and oxygen atoms in total. The molecule has 1 aromatic carbocycles. The number of aliphatic hydroxyl groups excluding tert-OH is 1. The van der Waals surface area contributed by atoms with Gasteiger partial charge >= 0.3 is 0 Å². The highest BCUT2D eigenvalue weighted by molar-refractivity contribution is 5.94. The molecule has 0 radical (unpaired) electrons. The van der Waals surface area contributed by atoms with Crippen LogP contribution in [0.4, 0.5) is 4.39 Å². The van der Waals surface area contributed by atoms with Crippen LogP contribution in [0.3, 0.4) is 0 Å². The molecule has 0 unspecified atom stereocenters. The Balaban J connectivity index is 2.67. The van der Waals surface area contributed by atoms with E-state index in [1.54, 1.807) is 6.07 Å². The van der Waals surface area contributed by atoms with Crippen LogP contribution in [0.15, 0.2) is 18.2 Å². The Labute approximate surface area is 119 Å². The SMILES string of the molecule is CC(C)CCNC(=O)c1ccc(C#CCCO)c(F)c1. The Hall–Kier alpha value is -1.86. The van der Waals surface area contributed by atoms with Crippen molar-refractivity contribution in [3.05, 3.63) is 35.1 Å². The molecule has 0 saturated heterocycles. The third kappa shape index (κ3) is 5.41. The number of aliphatic hydroxyl groups is 1. The van der Waals surface area contributed by atoms with Gasteiger partial charge in [-0.25, -0.2) is 4.39 Å². The molecule has 4 heteroatoms. The van der Waals surface area contributed by atoms with E-state index in [0.29, 0.717) is 24.4 Å². The number of carbonyl (C=O) groups is 1. The fourth-order valence-corrected chi connectivity index (χ4v) is 1.55. The van der Waals surface area contributed by atoms with Gasteiger partial charge in [0.1, 0.15) is 5.82 Å². The maximum Gasteiger partial charge on any atom is 0.251 e. The van der Waals surface area contributed by atoms with E-state index in [1.165, 1.54) is 12.1 Å². The molecule has 0 aliphatic rings. The Bertz CT molecular complexity index is 515. The summed E-state index contributed by atoms with van der Waals surface area (Å²) < 4.78 is 13.7. The van der Waals surface area contributed by atoms with Crippen molar-refractivity contribution in [1.82, 2.24) is 5.32 Å². The van der Waals surface area contributed by atoms with Crippen molar-refractivity contribution in [2.75, 3.05) is 13.2 Å². The lowest BCUT2D eigenvalue weighted by Gasteiger charge is -2.07. The van der Waals surface area contributed by atoms with Crippen molar-refractivity contribution >= 4 is 5.91 Å². The molecule has 0 saturated carbocycles. The number of benzene rings is 1. The standard InChI is InChI=1S/C16H20FNO2/c1-12(2)8-9-18-16(20)14-7-6-13(15(17)11-14)5-3-4-10-19/h6-7,11-12,19H,4,8-10H2,1-2H3,(H,18,20). The molecule has 0 bridgehead atoms. The van der Waals surface area contributed by atoms with Gasteiger partial charge < -0.3 is 10.4 Å². The molecule has 1 aromatic rings. The van der Waals surface area contributed by atoms with Gasteiger partial charge in [0, 0.05) is 18.5 Å². The van der Waals surface area contributed by atoms with E-state index >= 15 is 0 Å². The molecule has 0 heterocycles. The summed E-state index contributed by atoms with van der Waals surface area (Å²) in [7, 11) is 0. The van der Waals surface area contributed by atoms with Crippen molar-refractivity contribution in [3.8, 4) is 11.8 Å². The smallest absolute Gasteiger partial charge is 0.251 e. The molecule has 2 N–H and O–H groups in total. The van der Waals surface area contributed by atoms with Gasteiger partial charge in [-0.3, -0.25) is 4.79 Å². The van der Waals surface area contributed by atoms with E-state index < -0.39 is 5.82 Å². The van der Waals surface area contributed by atoms with E-state index in [0.717, 1.165) is 6.42 Å². The third-order valence-electron chi connectivity index (χ3n) is 2.70. The molecule has 0 spiro atoms. The molecule has 20 heavy (non-hydrogen) atoms. The zero-order chi connectivity index (χ0) is 15.0. The van der Waals surface area contributed by atoms with E-state index in [1.807, 2.05) is 0 Å². The minimum atomic E-state index is -0.521. The van der Waals surface area contributed by atoms with Crippen LogP contribution in [-0.4, -0.2) is 24.2 Å². The van der Waals surface area contributed by atoms with Gasteiger partial charge in [-0.2, -0.15) is 0 Å². The van der Waals surface area contributed by atoms with Crippen molar-refractivity contribution in [2.24, 2.45) is 5.92 Å². The molecule has 0 aliphatic heterocycles. The fourth-order valence-electron chi connectivity index (χ4n) is 1.55. The Morgan fingerprint density at radius 2 is 2.20 bits per heavy atom. The molecule has 1 amide bonds. The molecule has 108 valence electrons. The fraction of sp³-hybridized carbons (Fsp3) is 0.438. The van der Waals surface area contributed by atoms with Gasteiger partial charge in [0.15, 0.2) is 0 Å². The molecule has 0 atom stereocenters. The first-order chi connectivity index (χ1) is 9.54. The topological polar surface area (TPSA) is 49.3 Å². The minimum Gasteiger partial charge on any atom is -0.395 e. The lowest BCUT2D eigenvalue weighted by molar-refractivity contribution is 0.0951. The third-order valence-corrected chi connectivity index (χ3v) is 2.70. The van der Waals surface area contributed by atoms with E-state index in [-0.39, 0.29) is 18.1 Å². The molecule has 0 aromatic heterocycles. The van der Waals surface area contributed by atoms with Gasteiger partial charge in [0.2, 0.25) is 0 Å². The van der Waals surface area contributed by atoms with E-state index in [9.17, 15) is 9.18 Å². The van der Waals surface area contributed by atoms with Gasteiger partial charge in [-0.1, -0.05) is 25.7 Å². The van der Waals surface area contributed by atoms with Gasteiger partial charge in [0.05, 0.1) is 12.2 Å². The first-order valence-corrected chi connectivity index (χ1v) is 6.72. The van der Waals surface area contributed by atoms with Crippen LogP contribution < -0.4 is 5.32 Å². The Morgan fingerprint density at radius 1 is 1.45 bits per heavy atom. The van der Waals surface area contributed by atoms with Crippen LogP contribution in [-0.2, 0) is 0 Å². The predicted octanol–water partition coefficient (Wildman–Crippen LogP) is 2.34. The van der Waals surface area contributed by atoms with Crippen molar-refractivity contribution in [1.29, 1.82) is 0 Å².